The molecule has 1 nitrogen and oxygen atoms in total. The zero-order chi connectivity index (χ0) is 20.9. The Hall–Kier alpha value is -0.560. The zero-order valence-electron chi connectivity index (χ0n) is 19.8. The lowest BCUT2D eigenvalue weighted by Gasteiger charge is -2.42. The number of hydrogen-bond donors (Lipinski definition) is 1. The summed E-state index contributed by atoms with van der Waals surface area (Å²) in [5, 5.41) is 0. The minimum Gasteiger partial charge on any atom is -0.327 e. The molecule has 158 valence electrons. The smallest absolute Gasteiger partial charge is 0.0107 e. The quantitative estimate of drug-likeness (QED) is 0.369. The predicted octanol–water partition coefficient (Wildman–Crippen LogP) is 7.62. The largest absolute Gasteiger partial charge is 0.327 e. The van der Waals surface area contributed by atoms with Gasteiger partial charge in [0.1, 0.15) is 0 Å². The summed E-state index contributed by atoms with van der Waals surface area (Å²) in [5.41, 5.74) is 9.44. The highest BCUT2D eigenvalue weighted by atomic mass is 14.7. The van der Waals surface area contributed by atoms with Crippen LogP contribution in [0.4, 0.5) is 0 Å². The molecule has 27 heavy (non-hydrogen) atoms. The van der Waals surface area contributed by atoms with Crippen LogP contribution in [0, 0.1) is 40.9 Å². The van der Waals surface area contributed by atoms with E-state index in [9.17, 15) is 0 Å². The molecule has 0 aromatic carbocycles. The SMILES string of the molecule is C=C(C)C(C)CC(CC(C)C(C)C(=C)C(C(N)CC)C(C)(C)C)C1CCC1. The summed E-state index contributed by atoms with van der Waals surface area (Å²) in [7, 11) is 0. The topological polar surface area (TPSA) is 26.0 Å². The molecule has 0 saturated heterocycles. The third-order valence-electron chi connectivity index (χ3n) is 7.66. The molecule has 2 N–H and O–H groups in total. The van der Waals surface area contributed by atoms with E-state index in [0.717, 1.165) is 18.3 Å². The number of allylic oxidation sites excluding steroid dienone is 1. The molecule has 0 heterocycles. The molecular weight excluding hydrogens is 326 g/mol. The first-order chi connectivity index (χ1) is 12.4. The molecule has 1 fully saturated rings. The van der Waals surface area contributed by atoms with E-state index in [-0.39, 0.29) is 11.5 Å². The van der Waals surface area contributed by atoms with Crippen molar-refractivity contribution in [2.24, 2.45) is 46.7 Å². The first-order valence-corrected chi connectivity index (χ1v) is 11.5. The molecule has 1 heteroatoms. The van der Waals surface area contributed by atoms with Gasteiger partial charge in [-0.3, -0.25) is 0 Å². The van der Waals surface area contributed by atoms with Crippen molar-refractivity contribution in [2.45, 2.75) is 100.0 Å². The summed E-state index contributed by atoms with van der Waals surface area (Å²) < 4.78 is 0. The normalized spacial score (nSPS) is 22.3. The molecule has 0 spiro atoms. The van der Waals surface area contributed by atoms with E-state index >= 15 is 0 Å². The minimum atomic E-state index is 0.169. The van der Waals surface area contributed by atoms with Crippen LogP contribution in [0.3, 0.4) is 0 Å². The van der Waals surface area contributed by atoms with Crippen LogP contribution in [-0.2, 0) is 0 Å². The second kappa shape index (κ2) is 10.3. The third kappa shape index (κ3) is 6.77. The molecule has 1 aliphatic carbocycles. The molecule has 0 aromatic rings. The van der Waals surface area contributed by atoms with Gasteiger partial charge in [-0.15, -0.1) is 0 Å². The van der Waals surface area contributed by atoms with Crippen molar-refractivity contribution < 1.29 is 0 Å². The lowest BCUT2D eigenvalue weighted by Crippen LogP contribution is -2.41. The third-order valence-corrected chi connectivity index (χ3v) is 7.66. The fraction of sp³-hybridized carbons (Fsp3) is 0.846. The molecule has 0 radical (unpaired) electrons. The van der Waals surface area contributed by atoms with Crippen LogP contribution in [0.15, 0.2) is 24.3 Å². The average Bonchev–Trinajstić information content (AvgIpc) is 2.50. The van der Waals surface area contributed by atoms with Crippen LogP contribution >= 0.6 is 0 Å². The highest BCUT2D eigenvalue weighted by Gasteiger charge is 2.36. The molecule has 0 bridgehead atoms. The minimum absolute atomic E-state index is 0.169. The first kappa shape index (κ1) is 24.5. The van der Waals surface area contributed by atoms with E-state index in [1.165, 1.54) is 43.3 Å². The van der Waals surface area contributed by atoms with E-state index < -0.39 is 0 Å². The lowest BCUT2D eigenvalue weighted by molar-refractivity contribution is 0.140. The standard InChI is InChI=1S/C26H49N/c1-11-24(27)25(26(8,9)10)21(7)20(6)19(5)16-23(22-13-12-14-22)15-18(4)17(2)3/h18-20,22-25H,2,7,11-16,27H2,1,3-6,8-10H3. The van der Waals surface area contributed by atoms with Gasteiger partial charge in [0.2, 0.25) is 0 Å². The Morgan fingerprint density at radius 1 is 1.07 bits per heavy atom. The molecule has 0 aromatic heterocycles. The Morgan fingerprint density at radius 3 is 2.00 bits per heavy atom. The van der Waals surface area contributed by atoms with Gasteiger partial charge >= 0.3 is 0 Å². The van der Waals surface area contributed by atoms with Crippen molar-refractivity contribution >= 4 is 0 Å². The highest BCUT2D eigenvalue weighted by molar-refractivity contribution is 5.12. The fourth-order valence-corrected chi connectivity index (χ4v) is 5.09. The van der Waals surface area contributed by atoms with E-state index in [1.807, 2.05) is 0 Å². The Balaban J connectivity index is 2.85. The summed E-state index contributed by atoms with van der Waals surface area (Å²) in [6.07, 6.45) is 7.93. The number of nitrogens with two attached hydrogens (primary N) is 1. The summed E-state index contributed by atoms with van der Waals surface area (Å²) >= 11 is 0. The van der Waals surface area contributed by atoms with Crippen molar-refractivity contribution in [2.75, 3.05) is 0 Å². The van der Waals surface area contributed by atoms with E-state index in [1.54, 1.807) is 0 Å². The Bertz CT molecular complexity index is 479. The zero-order valence-corrected chi connectivity index (χ0v) is 19.8. The summed E-state index contributed by atoms with van der Waals surface area (Å²) in [4.78, 5) is 0. The van der Waals surface area contributed by atoms with Gasteiger partial charge in [0, 0.05) is 6.04 Å². The van der Waals surface area contributed by atoms with Gasteiger partial charge < -0.3 is 5.73 Å². The number of rotatable bonds is 11. The average molecular weight is 376 g/mol. The monoisotopic (exact) mass is 375 g/mol. The molecule has 1 rings (SSSR count). The van der Waals surface area contributed by atoms with E-state index in [2.05, 4.69) is 68.5 Å². The molecule has 0 aliphatic heterocycles. The molecule has 1 aliphatic rings. The van der Waals surface area contributed by atoms with Crippen molar-refractivity contribution in [3.63, 3.8) is 0 Å². The van der Waals surface area contributed by atoms with E-state index in [4.69, 9.17) is 5.73 Å². The Morgan fingerprint density at radius 2 is 1.63 bits per heavy atom. The van der Waals surface area contributed by atoms with Crippen molar-refractivity contribution in [3.05, 3.63) is 24.3 Å². The van der Waals surface area contributed by atoms with Gasteiger partial charge in [-0.1, -0.05) is 92.0 Å². The van der Waals surface area contributed by atoms with Crippen LogP contribution in [0.2, 0.25) is 0 Å². The summed E-state index contributed by atoms with van der Waals surface area (Å²) in [6, 6.07) is 0.206. The Labute approximate surface area is 171 Å². The lowest BCUT2D eigenvalue weighted by atomic mass is 9.64. The predicted molar refractivity (Wildman–Crippen MR) is 123 cm³/mol. The van der Waals surface area contributed by atoms with Crippen LogP contribution < -0.4 is 5.73 Å². The van der Waals surface area contributed by atoms with Crippen molar-refractivity contribution in [1.29, 1.82) is 0 Å². The van der Waals surface area contributed by atoms with Gasteiger partial charge in [-0.25, -0.2) is 0 Å². The number of hydrogen-bond acceptors (Lipinski definition) is 1. The second-order valence-electron chi connectivity index (χ2n) is 10.9. The maximum absolute atomic E-state index is 6.55. The van der Waals surface area contributed by atoms with Crippen molar-refractivity contribution in [1.82, 2.24) is 0 Å². The molecule has 6 unspecified atom stereocenters. The molecule has 1 saturated carbocycles. The van der Waals surface area contributed by atoms with Gasteiger partial charge in [0.05, 0.1) is 0 Å². The summed E-state index contributed by atoms with van der Waals surface area (Å²) in [5.74, 6) is 3.98. The molecular formula is C26H49N. The molecule has 0 amide bonds. The van der Waals surface area contributed by atoms with Crippen LogP contribution in [0.25, 0.3) is 0 Å². The van der Waals surface area contributed by atoms with Crippen LogP contribution in [0.5, 0.6) is 0 Å². The van der Waals surface area contributed by atoms with Crippen LogP contribution in [0.1, 0.15) is 93.9 Å². The van der Waals surface area contributed by atoms with Gasteiger partial charge in [0.15, 0.2) is 0 Å². The van der Waals surface area contributed by atoms with Crippen LogP contribution in [-0.4, -0.2) is 6.04 Å². The molecule has 6 atom stereocenters. The van der Waals surface area contributed by atoms with Gasteiger partial charge in [-0.05, 0) is 67.1 Å². The van der Waals surface area contributed by atoms with Gasteiger partial charge in [0.25, 0.3) is 0 Å². The Kier molecular flexibility index (Phi) is 9.32. The maximum atomic E-state index is 6.55. The summed E-state index contributed by atoms with van der Waals surface area (Å²) in [6.45, 7) is 27.4. The highest BCUT2D eigenvalue weighted by Crippen LogP contribution is 2.44. The van der Waals surface area contributed by atoms with Gasteiger partial charge in [-0.2, -0.15) is 0 Å². The fourth-order valence-electron chi connectivity index (χ4n) is 5.09. The first-order valence-electron chi connectivity index (χ1n) is 11.5. The maximum Gasteiger partial charge on any atom is 0.0107 e. The van der Waals surface area contributed by atoms with Crippen molar-refractivity contribution in [3.8, 4) is 0 Å². The van der Waals surface area contributed by atoms with E-state index in [0.29, 0.717) is 23.7 Å². The second-order valence-corrected chi connectivity index (χ2v) is 10.9.